The zero-order valence-corrected chi connectivity index (χ0v) is 17.5. The first-order chi connectivity index (χ1) is 13.8. The molecule has 0 aliphatic carbocycles. The summed E-state index contributed by atoms with van der Waals surface area (Å²) in [5.74, 6) is -0.367. The van der Waals surface area contributed by atoms with E-state index < -0.39 is 16.6 Å². The Hall–Kier alpha value is -2.57. The summed E-state index contributed by atoms with van der Waals surface area (Å²) in [4.78, 5) is 3.94. The Labute approximate surface area is 173 Å². The lowest BCUT2D eigenvalue weighted by molar-refractivity contribution is -0.0526. The fraction of sp³-hybridized carbons (Fsp3) is 0.176. The van der Waals surface area contributed by atoms with E-state index in [1.54, 1.807) is 12.3 Å². The van der Waals surface area contributed by atoms with Gasteiger partial charge in [0, 0.05) is 6.20 Å². The zero-order chi connectivity index (χ0) is 21.2. The molecule has 0 atom stereocenters. The number of benzene rings is 1. The van der Waals surface area contributed by atoms with Gasteiger partial charge in [0.2, 0.25) is 5.75 Å². The van der Waals surface area contributed by atoms with Crippen LogP contribution in [0.2, 0.25) is 0 Å². The molecule has 0 saturated carbocycles. The topological polar surface area (TPSA) is 79.7 Å². The van der Waals surface area contributed by atoms with Crippen molar-refractivity contribution in [1.82, 2.24) is 8.96 Å². The van der Waals surface area contributed by atoms with Crippen LogP contribution in [0.1, 0.15) is 5.56 Å². The van der Waals surface area contributed by atoms with E-state index in [1.165, 1.54) is 38.6 Å². The molecule has 2 heterocycles. The number of rotatable bonds is 7. The molecule has 7 nitrogen and oxygen atoms in total. The average molecular weight is 461 g/mol. The van der Waals surface area contributed by atoms with E-state index in [2.05, 4.69) is 9.72 Å². The summed E-state index contributed by atoms with van der Waals surface area (Å²) in [6.45, 7) is -3.08. The van der Waals surface area contributed by atoms with Gasteiger partial charge in [0.05, 0.1) is 36.0 Å². The fourth-order valence-corrected chi connectivity index (χ4v) is 5.50. The number of halogens is 2. The molecule has 0 aliphatic heterocycles. The minimum Gasteiger partial charge on any atom is -0.493 e. The SMILES string of the molecule is COc1cc(/C=C/S(=O)(=O)n2c(=S)sc3ccncc32)cc(OC)c1OC(F)F. The van der Waals surface area contributed by atoms with Crippen molar-refractivity contribution in [2.75, 3.05) is 14.2 Å². The van der Waals surface area contributed by atoms with Crippen molar-refractivity contribution in [3.63, 3.8) is 0 Å². The molecule has 3 rings (SSSR count). The number of alkyl halides is 2. The number of hydrogen-bond acceptors (Lipinski definition) is 8. The highest BCUT2D eigenvalue weighted by Gasteiger charge is 2.19. The number of pyridine rings is 1. The summed E-state index contributed by atoms with van der Waals surface area (Å²) in [6, 6.07) is 4.36. The monoisotopic (exact) mass is 460 g/mol. The second kappa shape index (κ2) is 8.43. The van der Waals surface area contributed by atoms with Crippen LogP contribution in [0.4, 0.5) is 8.78 Å². The molecule has 0 bridgehead atoms. The van der Waals surface area contributed by atoms with Gasteiger partial charge in [-0.25, -0.2) is 12.4 Å². The molecule has 0 unspecified atom stereocenters. The van der Waals surface area contributed by atoms with Gasteiger partial charge in [-0.15, -0.1) is 11.3 Å². The van der Waals surface area contributed by atoms with Crippen LogP contribution >= 0.6 is 23.6 Å². The molecule has 12 heteroatoms. The Bertz CT molecular complexity index is 1210. The van der Waals surface area contributed by atoms with Crippen molar-refractivity contribution in [3.05, 3.63) is 45.5 Å². The van der Waals surface area contributed by atoms with Gasteiger partial charge >= 0.3 is 6.61 Å². The van der Waals surface area contributed by atoms with Gasteiger partial charge in [0.1, 0.15) is 0 Å². The summed E-state index contributed by atoms with van der Waals surface area (Å²) < 4.78 is 67.3. The Balaban J connectivity index is 2.04. The van der Waals surface area contributed by atoms with Gasteiger partial charge in [-0.3, -0.25) is 4.98 Å². The molecule has 29 heavy (non-hydrogen) atoms. The maximum atomic E-state index is 12.8. The molecular formula is C17H14F2N2O5S3. The Morgan fingerprint density at radius 1 is 1.24 bits per heavy atom. The van der Waals surface area contributed by atoms with E-state index in [4.69, 9.17) is 21.7 Å². The molecule has 0 aliphatic rings. The third-order valence-electron chi connectivity index (χ3n) is 3.72. The highest BCUT2D eigenvalue weighted by atomic mass is 32.2. The van der Waals surface area contributed by atoms with E-state index in [0.717, 1.165) is 20.7 Å². The number of ether oxygens (including phenoxy) is 3. The first kappa shape index (κ1) is 21.1. The van der Waals surface area contributed by atoms with Crippen LogP contribution < -0.4 is 14.2 Å². The van der Waals surface area contributed by atoms with Crippen LogP contribution in [0.25, 0.3) is 16.3 Å². The lowest BCUT2D eigenvalue weighted by atomic mass is 10.2. The number of thiazole rings is 1. The minimum absolute atomic E-state index is 0.0384. The highest BCUT2D eigenvalue weighted by molar-refractivity contribution is 7.93. The molecule has 3 aromatic rings. The number of nitrogens with zero attached hydrogens (tertiary/aromatic N) is 2. The zero-order valence-electron chi connectivity index (χ0n) is 15.0. The second-order valence-corrected chi connectivity index (χ2v) is 8.80. The molecule has 0 amide bonds. The number of aromatic nitrogens is 2. The molecule has 2 aromatic heterocycles. The van der Waals surface area contributed by atoms with E-state index >= 15 is 0 Å². The summed E-state index contributed by atoms with van der Waals surface area (Å²) in [7, 11) is -1.44. The Morgan fingerprint density at radius 2 is 1.90 bits per heavy atom. The summed E-state index contributed by atoms with van der Waals surface area (Å²) >= 11 is 6.33. The summed E-state index contributed by atoms with van der Waals surface area (Å²) in [5, 5.41) is 0.948. The molecule has 154 valence electrons. The van der Waals surface area contributed by atoms with Gasteiger partial charge in [-0.2, -0.15) is 8.78 Å². The largest absolute Gasteiger partial charge is 0.493 e. The molecule has 0 radical (unpaired) electrons. The van der Waals surface area contributed by atoms with Crippen LogP contribution in [0, 0.1) is 3.95 Å². The molecule has 0 saturated heterocycles. The first-order valence-corrected chi connectivity index (χ1v) is 10.6. The van der Waals surface area contributed by atoms with E-state index in [-0.39, 0.29) is 21.2 Å². The number of hydrogen-bond donors (Lipinski definition) is 0. The highest BCUT2D eigenvalue weighted by Crippen LogP contribution is 2.40. The standard InChI is InChI=1S/C17H14F2N2O5S3/c1-24-12-7-10(8-13(25-2)15(12)26-16(18)19)4-6-29(22,23)21-11-9-20-5-3-14(11)28-17(21)27/h3-9,16H,1-2H3/b6-4+. The van der Waals surface area contributed by atoms with E-state index in [1.807, 2.05) is 0 Å². The molecule has 0 fully saturated rings. The Kier molecular flexibility index (Phi) is 6.15. The van der Waals surface area contributed by atoms with Gasteiger partial charge in [-0.1, -0.05) is 0 Å². The second-order valence-electron chi connectivity index (χ2n) is 5.46. The van der Waals surface area contributed by atoms with Crippen LogP contribution in [-0.4, -0.2) is 38.2 Å². The third-order valence-corrected chi connectivity index (χ3v) is 6.67. The predicted octanol–water partition coefficient (Wildman–Crippen LogP) is 4.29. The Morgan fingerprint density at radius 3 is 2.48 bits per heavy atom. The quantitative estimate of drug-likeness (QED) is 0.487. The van der Waals surface area contributed by atoms with Crippen LogP contribution in [0.3, 0.4) is 0 Å². The van der Waals surface area contributed by atoms with Gasteiger partial charge < -0.3 is 14.2 Å². The molecule has 0 spiro atoms. The average Bonchev–Trinajstić information content (AvgIpc) is 3.03. The van der Waals surface area contributed by atoms with Crippen molar-refractivity contribution in [2.45, 2.75) is 6.61 Å². The maximum Gasteiger partial charge on any atom is 0.387 e. The smallest absolute Gasteiger partial charge is 0.387 e. The van der Waals surface area contributed by atoms with Crippen LogP contribution in [0.5, 0.6) is 17.2 Å². The van der Waals surface area contributed by atoms with Crippen LogP contribution in [-0.2, 0) is 10.0 Å². The van der Waals surface area contributed by atoms with E-state index in [9.17, 15) is 17.2 Å². The lowest BCUT2D eigenvalue weighted by Crippen LogP contribution is -2.09. The molecular weight excluding hydrogens is 446 g/mol. The van der Waals surface area contributed by atoms with Crippen molar-refractivity contribution in [3.8, 4) is 17.2 Å². The normalized spacial score (nSPS) is 12.0. The fourth-order valence-electron chi connectivity index (χ4n) is 2.51. The van der Waals surface area contributed by atoms with Crippen molar-refractivity contribution < 1.29 is 31.4 Å². The molecule has 1 aromatic carbocycles. The van der Waals surface area contributed by atoms with Crippen molar-refractivity contribution in [2.24, 2.45) is 0 Å². The first-order valence-electron chi connectivity index (χ1n) is 7.87. The third kappa shape index (κ3) is 4.38. The van der Waals surface area contributed by atoms with Crippen molar-refractivity contribution >= 4 is 49.9 Å². The number of methoxy groups -OCH3 is 2. The van der Waals surface area contributed by atoms with Gasteiger partial charge in [0.25, 0.3) is 10.0 Å². The minimum atomic E-state index is -3.97. The van der Waals surface area contributed by atoms with Crippen molar-refractivity contribution in [1.29, 1.82) is 0 Å². The summed E-state index contributed by atoms with van der Waals surface area (Å²) in [5.41, 5.74) is 0.691. The molecule has 0 N–H and O–H groups in total. The number of fused-ring (bicyclic) bond motifs is 1. The van der Waals surface area contributed by atoms with Gasteiger partial charge in [0.15, 0.2) is 15.5 Å². The predicted molar refractivity (Wildman–Crippen MR) is 108 cm³/mol. The summed E-state index contributed by atoms with van der Waals surface area (Å²) in [6.07, 6.45) is 4.23. The maximum absolute atomic E-state index is 12.8. The van der Waals surface area contributed by atoms with Crippen LogP contribution in [0.15, 0.2) is 36.0 Å². The lowest BCUT2D eigenvalue weighted by Gasteiger charge is -2.14. The van der Waals surface area contributed by atoms with E-state index in [0.29, 0.717) is 15.8 Å². The van der Waals surface area contributed by atoms with Gasteiger partial charge in [-0.05, 0) is 42.1 Å².